The Morgan fingerprint density at radius 2 is 1.26 bits per heavy atom. The Morgan fingerprint density at radius 1 is 0.763 bits per heavy atom. The lowest BCUT2D eigenvalue weighted by Gasteiger charge is -2.32. The van der Waals surface area contributed by atoms with Crippen molar-refractivity contribution < 1.29 is 22.7 Å². The van der Waals surface area contributed by atoms with E-state index in [0.717, 1.165) is 58.2 Å². The number of hydrogen-bond donors (Lipinski definition) is 1. The summed E-state index contributed by atoms with van der Waals surface area (Å²) in [5, 5.41) is 0. The molecule has 0 aromatic carbocycles. The van der Waals surface area contributed by atoms with Crippen LogP contribution >= 0.6 is 0 Å². The van der Waals surface area contributed by atoms with Gasteiger partial charge >= 0.3 is 0 Å². The third kappa shape index (κ3) is 19.0. The number of amides is 2. The van der Waals surface area contributed by atoms with Crippen LogP contribution in [0.4, 0.5) is 0 Å². The highest BCUT2D eigenvalue weighted by Crippen LogP contribution is 2.21. The maximum absolute atomic E-state index is 12.4. The number of sulfonamides is 1. The summed E-state index contributed by atoms with van der Waals surface area (Å²) in [7, 11) is -1.87. The van der Waals surface area contributed by atoms with Crippen LogP contribution in [0.25, 0.3) is 0 Å². The number of ether oxygens (including phenoxy) is 1. The van der Waals surface area contributed by atoms with Crippen LogP contribution in [0.1, 0.15) is 142 Å². The zero-order valence-electron chi connectivity index (χ0n) is 24.7. The van der Waals surface area contributed by atoms with Crippen LogP contribution in [0.2, 0.25) is 0 Å². The van der Waals surface area contributed by atoms with Gasteiger partial charge in [0.2, 0.25) is 21.8 Å². The van der Waals surface area contributed by atoms with Crippen LogP contribution < -0.4 is 4.72 Å². The molecule has 0 spiro atoms. The summed E-state index contributed by atoms with van der Waals surface area (Å²) in [6, 6.07) is 0. The normalized spacial score (nSPS) is 14.6. The molecule has 0 aromatic rings. The summed E-state index contributed by atoms with van der Waals surface area (Å²) in [5.74, 6) is 0.362. The first kappa shape index (κ1) is 34.9. The summed E-state index contributed by atoms with van der Waals surface area (Å²) in [6.45, 7) is 4.65. The first-order valence-electron chi connectivity index (χ1n) is 15.7. The zero-order valence-corrected chi connectivity index (χ0v) is 25.5. The number of unbranched alkanes of at least 4 members (excludes halogenated alkanes) is 14. The van der Waals surface area contributed by atoms with Gasteiger partial charge in [0.15, 0.2) is 0 Å². The number of nitrogens with zero attached hydrogens (tertiary/aromatic N) is 1. The van der Waals surface area contributed by atoms with E-state index < -0.39 is 15.9 Å². The lowest BCUT2D eigenvalue weighted by atomic mass is 9.93. The molecule has 1 aliphatic rings. The molecule has 1 aliphatic heterocycles. The fourth-order valence-corrected chi connectivity index (χ4v) is 6.37. The van der Waals surface area contributed by atoms with E-state index in [4.69, 9.17) is 4.74 Å². The lowest BCUT2D eigenvalue weighted by Crippen LogP contribution is -2.38. The fraction of sp³-hybridized carbons (Fsp3) is 0.933. The van der Waals surface area contributed by atoms with Crippen molar-refractivity contribution in [3.63, 3.8) is 0 Å². The largest absolute Gasteiger partial charge is 0.385 e. The van der Waals surface area contributed by atoms with Crippen LogP contribution in [0.3, 0.4) is 0 Å². The summed E-state index contributed by atoms with van der Waals surface area (Å²) in [4.78, 5) is 26.4. The molecule has 0 saturated carbocycles. The molecular formula is C30H58N2O5S. The number of piperidine rings is 1. The van der Waals surface area contributed by atoms with Crippen LogP contribution in [-0.4, -0.2) is 57.7 Å². The van der Waals surface area contributed by atoms with Gasteiger partial charge in [-0.2, -0.15) is 0 Å². The predicted molar refractivity (Wildman–Crippen MR) is 157 cm³/mol. The molecule has 7 nitrogen and oxygen atoms in total. The van der Waals surface area contributed by atoms with E-state index >= 15 is 0 Å². The molecule has 38 heavy (non-hydrogen) atoms. The van der Waals surface area contributed by atoms with Crippen molar-refractivity contribution in [2.24, 2.45) is 5.92 Å². The third-order valence-electron chi connectivity index (χ3n) is 7.78. The number of carbonyl (C=O) groups excluding carboxylic acids is 2. The molecular weight excluding hydrogens is 500 g/mol. The summed E-state index contributed by atoms with van der Waals surface area (Å²) < 4.78 is 31.8. The molecule has 2 amide bonds. The maximum atomic E-state index is 12.4. The molecule has 8 heteroatoms. The highest BCUT2D eigenvalue weighted by atomic mass is 32.2. The minimum absolute atomic E-state index is 0.0591. The number of methoxy groups -OCH3 is 1. The SMILES string of the molecule is CCCCCCCCCCCCCCCC(=O)NS(=O)(=O)CCCCCC(=O)N1CCC(CCOC)CC1. The van der Waals surface area contributed by atoms with Crippen molar-refractivity contribution in [2.45, 2.75) is 142 Å². The molecule has 0 atom stereocenters. The van der Waals surface area contributed by atoms with E-state index in [1.807, 2.05) is 4.90 Å². The Bertz CT molecular complexity index is 705. The van der Waals surface area contributed by atoms with Crippen LogP contribution in [0, 0.1) is 5.92 Å². The Labute approximate surface area is 234 Å². The van der Waals surface area contributed by atoms with E-state index in [9.17, 15) is 18.0 Å². The van der Waals surface area contributed by atoms with Gasteiger partial charge in [-0.15, -0.1) is 0 Å². The Kier molecular flexibility index (Phi) is 20.8. The standard InChI is InChI=1S/C30H58N2O5S/c1-3-4-5-6-7-8-9-10-11-12-13-14-16-19-29(33)31-38(35,36)27-18-15-17-20-30(34)32-24-21-28(22-25-32)23-26-37-2/h28H,3-27H2,1-2H3,(H,31,33). The minimum Gasteiger partial charge on any atom is -0.385 e. The molecule has 1 fully saturated rings. The Morgan fingerprint density at radius 3 is 1.82 bits per heavy atom. The van der Waals surface area contributed by atoms with Gasteiger partial charge in [0.25, 0.3) is 0 Å². The van der Waals surface area contributed by atoms with Gasteiger partial charge in [-0.3, -0.25) is 14.3 Å². The summed E-state index contributed by atoms with van der Waals surface area (Å²) in [5.41, 5.74) is 0. The molecule has 1 saturated heterocycles. The predicted octanol–water partition coefficient (Wildman–Crippen LogP) is 6.75. The molecule has 0 bridgehead atoms. The smallest absolute Gasteiger partial charge is 0.234 e. The molecule has 0 radical (unpaired) electrons. The number of rotatable bonds is 24. The maximum Gasteiger partial charge on any atom is 0.234 e. The van der Waals surface area contributed by atoms with Crippen LogP contribution in [0.15, 0.2) is 0 Å². The van der Waals surface area contributed by atoms with Crippen molar-refractivity contribution in [2.75, 3.05) is 32.6 Å². The molecule has 1 heterocycles. The number of likely N-dealkylation sites (tertiary alicyclic amines) is 1. The van der Waals surface area contributed by atoms with Crippen molar-refractivity contribution in [3.05, 3.63) is 0 Å². The molecule has 1 N–H and O–H groups in total. The van der Waals surface area contributed by atoms with Gasteiger partial charge in [-0.25, -0.2) is 8.42 Å². The molecule has 1 rings (SSSR count). The first-order chi connectivity index (χ1) is 18.4. The molecule has 0 aromatic heterocycles. The monoisotopic (exact) mass is 558 g/mol. The van der Waals surface area contributed by atoms with E-state index in [0.29, 0.717) is 31.6 Å². The van der Waals surface area contributed by atoms with Crippen molar-refractivity contribution >= 4 is 21.8 Å². The van der Waals surface area contributed by atoms with Crippen molar-refractivity contribution in [1.82, 2.24) is 9.62 Å². The summed E-state index contributed by atoms with van der Waals surface area (Å²) in [6.07, 6.45) is 21.7. The van der Waals surface area contributed by atoms with Crippen LogP contribution in [0.5, 0.6) is 0 Å². The molecule has 0 aliphatic carbocycles. The van der Waals surface area contributed by atoms with E-state index in [1.165, 1.54) is 64.2 Å². The second-order valence-electron chi connectivity index (χ2n) is 11.3. The van der Waals surface area contributed by atoms with E-state index in [-0.39, 0.29) is 18.1 Å². The fourth-order valence-electron chi connectivity index (χ4n) is 5.24. The van der Waals surface area contributed by atoms with Gasteiger partial charge < -0.3 is 9.64 Å². The van der Waals surface area contributed by atoms with Gasteiger partial charge in [-0.05, 0) is 44.4 Å². The Balaban J connectivity index is 1.97. The van der Waals surface area contributed by atoms with E-state index in [1.54, 1.807) is 7.11 Å². The van der Waals surface area contributed by atoms with E-state index in [2.05, 4.69) is 11.6 Å². The number of nitrogens with one attached hydrogen (secondary N) is 1. The van der Waals surface area contributed by atoms with Crippen LogP contribution in [-0.2, 0) is 24.3 Å². The average Bonchev–Trinajstić information content (AvgIpc) is 2.89. The number of hydrogen-bond acceptors (Lipinski definition) is 5. The van der Waals surface area contributed by atoms with Gasteiger partial charge in [0.1, 0.15) is 0 Å². The topological polar surface area (TPSA) is 92.8 Å². The number of carbonyl (C=O) groups is 2. The Hall–Kier alpha value is -1.15. The highest BCUT2D eigenvalue weighted by Gasteiger charge is 2.22. The van der Waals surface area contributed by atoms with Gasteiger partial charge in [0, 0.05) is 39.6 Å². The summed E-state index contributed by atoms with van der Waals surface area (Å²) >= 11 is 0. The second-order valence-corrected chi connectivity index (χ2v) is 13.1. The molecule has 0 unspecified atom stereocenters. The average molecular weight is 559 g/mol. The quantitative estimate of drug-likeness (QED) is 0.132. The zero-order chi connectivity index (χ0) is 27.9. The second kappa shape index (κ2) is 22.6. The first-order valence-corrected chi connectivity index (χ1v) is 17.3. The van der Waals surface area contributed by atoms with Crippen molar-refractivity contribution in [3.8, 4) is 0 Å². The minimum atomic E-state index is -3.59. The van der Waals surface area contributed by atoms with Gasteiger partial charge in [-0.1, -0.05) is 90.4 Å². The third-order valence-corrected chi connectivity index (χ3v) is 9.14. The molecule has 224 valence electrons. The lowest BCUT2D eigenvalue weighted by molar-refractivity contribution is -0.132. The highest BCUT2D eigenvalue weighted by molar-refractivity contribution is 7.90. The van der Waals surface area contributed by atoms with Crippen molar-refractivity contribution in [1.29, 1.82) is 0 Å². The van der Waals surface area contributed by atoms with Gasteiger partial charge in [0.05, 0.1) is 5.75 Å².